The van der Waals surface area contributed by atoms with Crippen molar-refractivity contribution in [3.8, 4) is 46.0 Å². The zero-order chi connectivity index (χ0) is 55.3. The Hall–Kier alpha value is -5.18. The molecule has 0 unspecified atom stereocenters. The zero-order valence-electron chi connectivity index (χ0n) is 43.2. The van der Waals surface area contributed by atoms with E-state index in [1.807, 2.05) is 121 Å². The Kier molecular flexibility index (Phi) is 27.3. The van der Waals surface area contributed by atoms with E-state index >= 15 is 0 Å². The maximum atomic E-state index is 6.02. The van der Waals surface area contributed by atoms with Crippen molar-refractivity contribution in [3.05, 3.63) is 213 Å². The van der Waals surface area contributed by atoms with Crippen LogP contribution in [0.2, 0.25) is 0 Å². The van der Waals surface area contributed by atoms with Gasteiger partial charge < -0.3 is 57.8 Å². The Balaban J connectivity index is 0.000000903. The zero-order valence-corrected chi connectivity index (χ0v) is 52.2. The Morgan fingerprint density at radius 2 is 0.377 bits per heavy atom. The van der Waals surface area contributed by atoms with Gasteiger partial charge in [-0.2, -0.15) is 0 Å². The fourth-order valence-electron chi connectivity index (χ4n) is 8.50. The summed E-state index contributed by atoms with van der Waals surface area (Å²) in [7, 11) is 13.0. The van der Waals surface area contributed by atoms with E-state index in [1.165, 1.54) is 0 Å². The second-order valence-corrected chi connectivity index (χ2v) is 18.1. The van der Waals surface area contributed by atoms with Crippen LogP contribution < -0.4 is 57.8 Å². The molecule has 0 N–H and O–H groups in total. The molecule has 12 nitrogen and oxygen atoms in total. The number of halogens is 8. The van der Waals surface area contributed by atoms with E-state index in [-0.39, 0.29) is 40.8 Å². The first-order chi connectivity index (χ1) is 37.0. The molecule has 0 aliphatic carbocycles. The molecule has 8 aromatic rings. The molecule has 402 valence electrons. The third-order valence-electron chi connectivity index (χ3n) is 11.3. The predicted octanol–water partition coefficient (Wildman–Crippen LogP) is 13.7. The number of alkyl halides is 8. The summed E-state index contributed by atoms with van der Waals surface area (Å²) >= 11 is 38.1. The molecular formula is C56H52Cl8N4O8Zn. The monoisotopic (exact) mass is 1250 g/mol. The Bertz CT molecular complexity index is 2460. The maximum absolute atomic E-state index is 6.02. The fraction of sp³-hybridized carbons (Fsp3) is 0.214. The quantitative estimate of drug-likeness (QED) is 0.0656. The number of methoxy groups -OCH3 is 8. The van der Waals surface area contributed by atoms with Crippen LogP contribution >= 0.6 is 92.8 Å². The molecule has 4 aromatic carbocycles. The van der Waals surface area contributed by atoms with E-state index in [9.17, 15) is 0 Å². The molecule has 5 heterocycles. The average molecular weight is 1260 g/mol. The molecule has 0 saturated carbocycles. The molecule has 0 saturated heterocycles. The molecule has 8 bridgehead atoms. The van der Waals surface area contributed by atoms with Crippen molar-refractivity contribution >= 4 is 92.8 Å². The average Bonchev–Trinajstić information content (AvgIpc) is 4.31. The van der Waals surface area contributed by atoms with Crippen LogP contribution in [0.3, 0.4) is 0 Å². The van der Waals surface area contributed by atoms with Crippen LogP contribution in [0.5, 0.6) is 46.0 Å². The number of ether oxygens (including phenoxy) is 8. The number of rotatable bonds is 12. The van der Waals surface area contributed by atoms with Gasteiger partial charge in [0.2, 0.25) is 0 Å². The Morgan fingerprint density at radius 1 is 0.260 bits per heavy atom. The fourth-order valence-corrected chi connectivity index (χ4v) is 8.50. The van der Waals surface area contributed by atoms with Crippen molar-refractivity contribution in [1.82, 2.24) is 19.9 Å². The van der Waals surface area contributed by atoms with E-state index in [0.717, 1.165) is 0 Å². The van der Waals surface area contributed by atoms with Crippen LogP contribution in [0, 0.1) is 23.7 Å². The number of benzene rings is 4. The van der Waals surface area contributed by atoms with Gasteiger partial charge in [0.1, 0.15) is 0 Å². The van der Waals surface area contributed by atoms with Gasteiger partial charge in [-0.05, 0) is 69.8 Å². The van der Waals surface area contributed by atoms with Gasteiger partial charge >= 0.3 is 0 Å². The van der Waals surface area contributed by atoms with Crippen LogP contribution in [-0.2, 0) is 19.5 Å². The second-order valence-electron chi connectivity index (χ2n) is 14.9. The summed E-state index contributed by atoms with van der Waals surface area (Å²) < 4.78 is 48.2. The van der Waals surface area contributed by atoms with Crippen molar-refractivity contribution < 1.29 is 57.4 Å². The molecule has 0 fully saturated rings. The normalized spacial score (nSPS) is 11.1. The second kappa shape index (κ2) is 32.7. The summed E-state index contributed by atoms with van der Waals surface area (Å²) in [6, 6.07) is 38.4. The minimum Gasteiger partial charge on any atom is -0.628 e. The van der Waals surface area contributed by atoms with Gasteiger partial charge in [0, 0.05) is 140 Å². The molecule has 0 radical (unpaired) electrons. The number of fused-ring (bicyclic) bond motifs is 8. The largest absolute Gasteiger partial charge is 0.628 e. The minimum atomic E-state index is 0. The van der Waals surface area contributed by atoms with Crippen LogP contribution in [0.15, 0.2) is 121 Å². The Labute approximate surface area is 503 Å². The van der Waals surface area contributed by atoms with Gasteiger partial charge in [-0.25, -0.2) is 0 Å². The van der Waals surface area contributed by atoms with Crippen molar-refractivity contribution in [2.75, 3.05) is 78.2 Å². The van der Waals surface area contributed by atoms with Crippen molar-refractivity contribution in [2.24, 2.45) is 0 Å². The third-order valence-corrected chi connectivity index (χ3v) is 11.3. The maximum Gasteiger partial charge on any atom is 0.194 e. The van der Waals surface area contributed by atoms with E-state index in [2.05, 4.69) is 0 Å². The van der Waals surface area contributed by atoms with Crippen LogP contribution in [0.1, 0.15) is 67.8 Å². The Morgan fingerprint density at radius 3 is 0.481 bits per heavy atom. The van der Waals surface area contributed by atoms with Gasteiger partial charge in [0.25, 0.3) is 0 Å². The summed E-state index contributed by atoms with van der Waals surface area (Å²) in [6.45, 7) is 0. The summed E-state index contributed by atoms with van der Waals surface area (Å²) in [5.74, 6) is 7.26. The third kappa shape index (κ3) is 14.7. The van der Waals surface area contributed by atoms with E-state index < -0.39 is 0 Å². The predicted molar refractivity (Wildman–Crippen MR) is 306 cm³/mol. The number of aromatic nitrogens is 4. The summed E-state index contributed by atoms with van der Waals surface area (Å²) in [5, 5.41) is 0.778. The SMILES string of the molecule is COc1cccc(OC)c1[C+]1c2ccc([n-]2)[C+](c2c(OC)cccc2OC)c2ccc([n-]2)[C+](c2c(OC)cccc2OC)c2ccc([n-]2)[C+](c2c(OC)cccc2OC)c2ccc1[n-]2.ClCCl.ClCCl.ClCCl.ClCCl.[Zn]. The van der Waals surface area contributed by atoms with E-state index in [0.29, 0.717) is 137 Å². The number of hydrogen-bond donors (Lipinski definition) is 0. The molecule has 1 aliphatic heterocycles. The van der Waals surface area contributed by atoms with E-state index in [1.54, 1.807) is 56.9 Å². The first kappa shape index (κ1) is 64.3. The van der Waals surface area contributed by atoms with Gasteiger partial charge in [0.15, 0.2) is 68.2 Å². The smallest absolute Gasteiger partial charge is 0.194 e. The van der Waals surface area contributed by atoms with Gasteiger partial charge in [-0.1, -0.05) is 0 Å². The van der Waals surface area contributed by atoms with Crippen LogP contribution in [0.4, 0.5) is 0 Å². The molecule has 4 aromatic heterocycles. The summed E-state index contributed by atoms with van der Waals surface area (Å²) in [5.41, 5.74) is 7.48. The van der Waals surface area contributed by atoms with Gasteiger partial charge in [-0.15, -0.1) is 92.8 Å². The topological polar surface area (TPSA) is 130 Å². The first-order valence-corrected chi connectivity index (χ1v) is 26.7. The molecule has 0 atom stereocenters. The van der Waals surface area contributed by atoms with E-state index in [4.69, 9.17) is 151 Å². The first-order valence-electron chi connectivity index (χ1n) is 22.4. The van der Waals surface area contributed by atoms with Crippen molar-refractivity contribution in [2.45, 2.75) is 0 Å². The standard InChI is InChI=1S/C52H44N4O8.4CH2Cl2.Zn/c1-57-37-13-9-14-38(58-2)49(37)45-29-21-23-31(53-29)46(50-39(59-3)15-10-16-40(50)60-4)33-25-27-35(55-33)48(52-43(63-7)19-12-20-44(52)64-8)36-28-26-34(56-36)47(32-24-22-30(45)54-32)51-41(61-5)17-11-18-42(51)62-6;4*2-1-3;/h9-28H,1-8H3;4*1H2;. The molecule has 0 amide bonds. The molecule has 0 spiro atoms. The molecule has 1 aliphatic rings. The summed E-state index contributed by atoms with van der Waals surface area (Å²) in [6.07, 6.45) is 0. The van der Waals surface area contributed by atoms with Crippen molar-refractivity contribution in [3.63, 3.8) is 0 Å². The van der Waals surface area contributed by atoms with Gasteiger partial charge in [0.05, 0.1) is 78.2 Å². The number of nitrogens with zero attached hydrogens (tertiary/aromatic N) is 4. The van der Waals surface area contributed by atoms with Crippen molar-refractivity contribution in [1.29, 1.82) is 0 Å². The van der Waals surface area contributed by atoms with Crippen LogP contribution in [0.25, 0.3) is 0 Å². The molecule has 21 heteroatoms. The molecule has 77 heavy (non-hydrogen) atoms. The molecule has 9 rings (SSSR count). The van der Waals surface area contributed by atoms with Gasteiger partial charge in [-0.3, -0.25) is 0 Å². The molecular weight excluding hydrogens is 1210 g/mol. The summed E-state index contributed by atoms with van der Waals surface area (Å²) in [4.78, 5) is 21.7. The minimum absolute atomic E-state index is 0. The van der Waals surface area contributed by atoms with Crippen LogP contribution in [-0.4, -0.2) is 78.2 Å². The number of hydrogen-bond acceptors (Lipinski definition) is 8.